The molecule has 1 saturated carbocycles. The highest BCUT2D eigenvalue weighted by molar-refractivity contribution is 5.27. The van der Waals surface area contributed by atoms with Crippen LogP contribution in [-0.4, -0.2) is 0 Å². The van der Waals surface area contributed by atoms with Crippen LogP contribution in [0.3, 0.4) is 0 Å². The van der Waals surface area contributed by atoms with Gasteiger partial charge in [0.25, 0.3) is 0 Å². The molecule has 0 spiro atoms. The Kier molecular flexibility index (Phi) is 1.41. The minimum absolute atomic E-state index is 0.149. The second-order valence-electron chi connectivity index (χ2n) is 2.91. The molecule has 0 saturated heterocycles. The van der Waals surface area contributed by atoms with Crippen LogP contribution in [0, 0.1) is 11.6 Å². The molecule has 0 bridgehead atoms. The average molecular weight is 154 g/mol. The highest BCUT2D eigenvalue weighted by Crippen LogP contribution is 2.42. The first kappa shape index (κ1) is 6.77. The Morgan fingerprint density at radius 2 is 1.64 bits per heavy atom. The molecule has 0 aromatic heterocycles. The van der Waals surface area contributed by atoms with Crippen molar-refractivity contribution in [2.45, 2.75) is 18.8 Å². The first-order valence-electron chi connectivity index (χ1n) is 3.73. The van der Waals surface area contributed by atoms with Crippen LogP contribution in [0.2, 0.25) is 0 Å². The Morgan fingerprint density at radius 1 is 1.09 bits per heavy atom. The number of halogens is 2. The summed E-state index contributed by atoms with van der Waals surface area (Å²) in [6, 6.07) is 4.03. The van der Waals surface area contributed by atoms with Gasteiger partial charge in [0.15, 0.2) is 0 Å². The predicted molar refractivity (Wildman–Crippen MR) is 38.3 cm³/mol. The molecule has 58 valence electrons. The van der Waals surface area contributed by atoms with E-state index in [1.165, 1.54) is 18.2 Å². The summed E-state index contributed by atoms with van der Waals surface area (Å²) >= 11 is 0. The van der Waals surface area contributed by atoms with Crippen LogP contribution in [0.25, 0.3) is 0 Å². The van der Waals surface area contributed by atoms with Gasteiger partial charge in [0.2, 0.25) is 0 Å². The lowest BCUT2D eigenvalue weighted by Gasteiger charge is -2.00. The van der Waals surface area contributed by atoms with Gasteiger partial charge in [0.1, 0.15) is 11.6 Å². The maximum atomic E-state index is 12.9. The molecule has 0 aliphatic heterocycles. The molecule has 0 amide bonds. The van der Waals surface area contributed by atoms with E-state index in [-0.39, 0.29) is 11.5 Å². The van der Waals surface area contributed by atoms with E-state index in [2.05, 4.69) is 0 Å². The van der Waals surface area contributed by atoms with Crippen LogP contribution >= 0.6 is 0 Å². The summed E-state index contributed by atoms with van der Waals surface area (Å²) in [5.74, 6) is -0.642. The van der Waals surface area contributed by atoms with E-state index < -0.39 is 11.6 Å². The first-order valence-corrected chi connectivity index (χ1v) is 3.73. The Morgan fingerprint density at radius 3 is 2.09 bits per heavy atom. The molecule has 1 aliphatic carbocycles. The molecule has 1 aliphatic rings. The molecule has 0 heterocycles. The van der Waals surface area contributed by atoms with E-state index in [4.69, 9.17) is 0 Å². The van der Waals surface area contributed by atoms with Gasteiger partial charge in [0, 0.05) is 5.56 Å². The number of hydrogen-bond acceptors (Lipinski definition) is 0. The van der Waals surface area contributed by atoms with Crippen LogP contribution in [-0.2, 0) is 0 Å². The van der Waals surface area contributed by atoms with Gasteiger partial charge in [-0.15, -0.1) is 0 Å². The topological polar surface area (TPSA) is 0 Å². The average Bonchev–Trinajstić information content (AvgIpc) is 2.70. The van der Waals surface area contributed by atoms with Crippen molar-refractivity contribution in [1.82, 2.24) is 0 Å². The van der Waals surface area contributed by atoms with Crippen LogP contribution in [0.4, 0.5) is 8.78 Å². The molecule has 2 rings (SSSR count). The van der Waals surface area contributed by atoms with Gasteiger partial charge in [-0.25, -0.2) is 8.78 Å². The smallest absolute Gasteiger partial charge is 0.129 e. The second kappa shape index (κ2) is 2.29. The molecule has 0 unspecified atom stereocenters. The molecule has 2 heteroatoms. The molecule has 1 aromatic carbocycles. The van der Waals surface area contributed by atoms with Crippen LogP contribution in [0.1, 0.15) is 24.3 Å². The minimum Gasteiger partial charge on any atom is -0.207 e. The van der Waals surface area contributed by atoms with Crippen molar-refractivity contribution in [3.63, 3.8) is 0 Å². The van der Waals surface area contributed by atoms with Gasteiger partial charge >= 0.3 is 0 Å². The van der Waals surface area contributed by atoms with E-state index >= 15 is 0 Å². The van der Waals surface area contributed by atoms with Crippen molar-refractivity contribution >= 4 is 0 Å². The van der Waals surface area contributed by atoms with E-state index in [1.807, 2.05) is 0 Å². The number of hydrogen-bond donors (Lipinski definition) is 0. The Bertz CT molecular complexity index is 257. The maximum absolute atomic E-state index is 12.9. The fraction of sp³-hybridized carbons (Fsp3) is 0.333. The van der Waals surface area contributed by atoms with Gasteiger partial charge in [-0.1, -0.05) is 6.07 Å². The van der Waals surface area contributed by atoms with Crippen LogP contribution in [0.15, 0.2) is 18.2 Å². The molecule has 0 radical (unpaired) electrons. The Balaban J connectivity index is 2.48. The predicted octanol–water partition coefficient (Wildman–Crippen LogP) is 2.84. The second-order valence-corrected chi connectivity index (χ2v) is 2.91. The maximum Gasteiger partial charge on any atom is 0.129 e. The summed E-state index contributed by atoms with van der Waals surface area (Å²) in [4.78, 5) is 0. The number of benzene rings is 1. The van der Waals surface area contributed by atoms with E-state index in [9.17, 15) is 8.78 Å². The summed E-state index contributed by atoms with van der Waals surface area (Å²) in [5.41, 5.74) is 0.285. The van der Waals surface area contributed by atoms with E-state index in [0.717, 1.165) is 12.8 Å². The lowest BCUT2D eigenvalue weighted by molar-refractivity contribution is 0.557. The zero-order valence-electron chi connectivity index (χ0n) is 5.98. The third kappa shape index (κ3) is 1.13. The lowest BCUT2D eigenvalue weighted by atomic mass is 10.1. The monoisotopic (exact) mass is 154 g/mol. The minimum atomic E-state index is -0.396. The SMILES string of the molecule is Fc1cccc(F)c1C1CC1. The van der Waals surface area contributed by atoms with Crippen molar-refractivity contribution in [2.24, 2.45) is 0 Å². The van der Waals surface area contributed by atoms with Crippen molar-refractivity contribution < 1.29 is 8.78 Å². The van der Waals surface area contributed by atoms with Crippen LogP contribution in [0.5, 0.6) is 0 Å². The van der Waals surface area contributed by atoms with Gasteiger partial charge in [-0.3, -0.25) is 0 Å². The third-order valence-corrected chi connectivity index (χ3v) is 1.99. The van der Waals surface area contributed by atoms with E-state index in [0.29, 0.717) is 0 Å². The normalized spacial score (nSPS) is 16.9. The zero-order chi connectivity index (χ0) is 7.84. The van der Waals surface area contributed by atoms with Gasteiger partial charge < -0.3 is 0 Å². The van der Waals surface area contributed by atoms with Crippen molar-refractivity contribution in [1.29, 1.82) is 0 Å². The molecule has 1 aromatic rings. The van der Waals surface area contributed by atoms with Gasteiger partial charge in [0.05, 0.1) is 0 Å². The van der Waals surface area contributed by atoms with Crippen molar-refractivity contribution in [3.05, 3.63) is 35.4 Å². The van der Waals surface area contributed by atoms with Crippen molar-refractivity contribution in [2.75, 3.05) is 0 Å². The van der Waals surface area contributed by atoms with Crippen LogP contribution < -0.4 is 0 Å². The molecule has 0 nitrogen and oxygen atoms in total. The fourth-order valence-corrected chi connectivity index (χ4v) is 1.27. The van der Waals surface area contributed by atoms with Crippen molar-refractivity contribution in [3.8, 4) is 0 Å². The lowest BCUT2D eigenvalue weighted by Crippen LogP contribution is -1.91. The standard InChI is InChI=1S/C9H8F2/c10-7-2-1-3-8(11)9(7)6-4-5-6/h1-3,6H,4-5H2. The summed E-state index contributed by atoms with van der Waals surface area (Å²) in [6.07, 6.45) is 1.86. The highest BCUT2D eigenvalue weighted by atomic mass is 19.1. The van der Waals surface area contributed by atoms with Gasteiger partial charge in [-0.2, -0.15) is 0 Å². The summed E-state index contributed by atoms with van der Waals surface area (Å²) < 4.78 is 25.8. The Hall–Kier alpha value is -0.920. The third-order valence-electron chi connectivity index (χ3n) is 1.99. The molecule has 0 atom stereocenters. The first-order chi connectivity index (χ1) is 5.29. The highest BCUT2D eigenvalue weighted by Gasteiger charge is 2.29. The van der Waals surface area contributed by atoms with E-state index in [1.54, 1.807) is 0 Å². The van der Waals surface area contributed by atoms with Gasteiger partial charge in [-0.05, 0) is 30.9 Å². The summed E-state index contributed by atoms with van der Waals surface area (Å²) in [6.45, 7) is 0. The Labute approximate surface area is 63.9 Å². The summed E-state index contributed by atoms with van der Waals surface area (Å²) in [5, 5.41) is 0. The molecular weight excluding hydrogens is 146 g/mol. The largest absolute Gasteiger partial charge is 0.207 e. The number of rotatable bonds is 1. The quantitative estimate of drug-likeness (QED) is 0.583. The molecule has 1 fully saturated rings. The summed E-state index contributed by atoms with van der Waals surface area (Å²) in [7, 11) is 0. The molecule has 0 N–H and O–H groups in total. The molecule has 11 heavy (non-hydrogen) atoms. The fourth-order valence-electron chi connectivity index (χ4n) is 1.27. The zero-order valence-corrected chi connectivity index (χ0v) is 5.98. The molecular formula is C9H8F2.